The first-order chi connectivity index (χ1) is 15.2. The van der Waals surface area contributed by atoms with Crippen molar-refractivity contribution in [3.63, 3.8) is 0 Å². The molecule has 0 unspecified atom stereocenters. The summed E-state index contributed by atoms with van der Waals surface area (Å²) < 4.78 is 10.8. The molecule has 0 heterocycles. The van der Waals surface area contributed by atoms with Gasteiger partial charge in [0.1, 0.15) is 18.7 Å². The molecule has 0 aliphatic rings. The van der Waals surface area contributed by atoms with Gasteiger partial charge in [0.25, 0.3) is 0 Å². The predicted molar refractivity (Wildman–Crippen MR) is 125 cm³/mol. The van der Waals surface area contributed by atoms with Crippen LogP contribution in [0.15, 0.2) is 53.0 Å². The van der Waals surface area contributed by atoms with Gasteiger partial charge in [0.15, 0.2) is 0 Å². The summed E-state index contributed by atoms with van der Waals surface area (Å²) in [6.45, 7) is 3.64. The van der Waals surface area contributed by atoms with E-state index in [1.165, 1.54) is 7.11 Å². The van der Waals surface area contributed by atoms with E-state index in [0.717, 1.165) is 15.6 Å². The largest absolute Gasteiger partial charge is 0.467 e. The zero-order chi connectivity index (χ0) is 23.7. The Morgan fingerprint density at radius 3 is 2.38 bits per heavy atom. The average molecular weight is 526 g/mol. The lowest BCUT2D eigenvalue weighted by Crippen LogP contribution is -2.54. The third-order valence-electron chi connectivity index (χ3n) is 4.67. The Morgan fingerprint density at radius 2 is 1.75 bits per heavy atom. The molecule has 2 amide bonds. The minimum absolute atomic E-state index is 0.0761. The van der Waals surface area contributed by atoms with Crippen LogP contribution in [-0.2, 0) is 32.1 Å². The van der Waals surface area contributed by atoms with Gasteiger partial charge in [-0.1, -0.05) is 71.7 Å². The van der Waals surface area contributed by atoms with Crippen molar-refractivity contribution >= 4 is 45.5 Å². The van der Waals surface area contributed by atoms with Gasteiger partial charge in [-0.25, -0.2) is 9.59 Å². The van der Waals surface area contributed by atoms with Crippen molar-refractivity contribution in [1.29, 1.82) is 0 Å². The number of amides is 2. The maximum atomic E-state index is 12.9. The molecule has 0 aromatic heterocycles. The fourth-order valence-electron chi connectivity index (χ4n) is 2.94. The van der Waals surface area contributed by atoms with Gasteiger partial charge in [-0.15, -0.1) is 0 Å². The van der Waals surface area contributed by atoms with Crippen molar-refractivity contribution in [2.24, 2.45) is 5.92 Å². The number of carbonyl (C=O) groups is 3. The van der Waals surface area contributed by atoms with Crippen LogP contribution in [0.2, 0.25) is 5.02 Å². The van der Waals surface area contributed by atoms with Crippen LogP contribution >= 0.6 is 27.5 Å². The summed E-state index contributed by atoms with van der Waals surface area (Å²) in [7, 11) is 1.24. The summed E-state index contributed by atoms with van der Waals surface area (Å²) in [5.74, 6) is -1.39. The highest BCUT2D eigenvalue weighted by Gasteiger charge is 2.30. The van der Waals surface area contributed by atoms with Gasteiger partial charge < -0.3 is 20.1 Å². The summed E-state index contributed by atoms with van der Waals surface area (Å²) in [6.07, 6.45) is -0.571. The third-order valence-corrected chi connectivity index (χ3v) is 5.68. The molecule has 0 radical (unpaired) electrons. The molecular formula is C23H26BrClN2O5. The van der Waals surface area contributed by atoms with Gasteiger partial charge >= 0.3 is 12.1 Å². The lowest BCUT2D eigenvalue weighted by Gasteiger charge is -2.24. The molecule has 0 saturated carbocycles. The number of hydrogen-bond acceptors (Lipinski definition) is 5. The molecule has 0 aliphatic carbocycles. The summed E-state index contributed by atoms with van der Waals surface area (Å²) in [4.78, 5) is 37.5. The van der Waals surface area contributed by atoms with Crippen LogP contribution in [0.5, 0.6) is 0 Å². The van der Waals surface area contributed by atoms with E-state index in [0.29, 0.717) is 5.02 Å². The fourth-order valence-corrected chi connectivity index (χ4v) is 3.55. The molecule has 2 atom stereocenters. The Balaban J connectivity index is 2.06. The highest BCUT2D eigenvalue weighted by Crippen LogP contribution is 2.23. The second-order valence-corrected chi connectivity index (χ2v) is 8.74. The lowest BCUT2D eigenvalue weighted by atomic mass is 10.0. The molecule has 0 aliphatic heterocycles. The Kier molecular flexibility index (Phi) is 9.99. The van der Waals surface area contributed by atoms with Gasteiger partial charge in [-0.05, 0) is 35.2 Å². The average Bonchev–Trinajstić information content (AvgIpc) is 2.77. The first-order valence-corrected chi connectivity index (χ1v) is 11.2. The van der Waals surface area contributed by atoms with Crippen LogP contribution in [0.4, 0.5) is 4.79 Å². The molecule has 172 valence electrons. The molecule has 0 saturated heterocycles. The fraction of sp³-hybridized carbons (Fsp3) is 0.348. The summed E-state index contributed by atoms with van der Waals surface area (Å²) >= 11 is 9.48. The van der Waals surface area contributed by atoms with Gasteiger partial charge in [-0.2, -0.15) is 0 Å². The van der Waals surface area contributed by atoms with E-state index in [9.17, 15) is 14.4 Å². The number of ether oxygens (including phenoxy) is 2. The van der Waals surface area contributed by atoms with Crippen molar-refractivity contribution in [2.45, 2.75) is 39.0 Å². The third kappa shape index (κ3) is 7.84. The Hall–Kier alpha value is -2.58. The van der Waals surface area contributed by atoms with Crippen LogP contribution in [0.25, 0.3) is 0 Å². The van der Waals surface area contributed by atoms with Crippen molar-refractivity contribution in [2.75, 3.05) is 7.11 Å². The van der Waals surface area contributed by atoms with Crippen molar-refractivity contribution in [3.05, 3.63) is 69.2 Å². The van der Waals surface area contributed by atoms with Crippen LogP contribution in [0, 0.1) is 5.92 Å². The molecule has 2 aromatic rings. The molecule has 2 N–H and O–H groups in total. The summed E-state index contributed by atoms with van der Waals surface area (Å²) in [5.41, 5.74) is 1.55. The summed E-state index contributed by atoms with van der Waals surface area (Å²) in [6, 6.07) is 12.5. The second-order valence-electron chi connectivity index (χ2n) is 7.45. The first kappa shape index (κ1) is 25.7. The quantitative estimate of drug-likeness (QED) is 0.477. The smallest absolute Gasteiger partial charge is 0.408 e. The van der Waals surface area contributed by atoms with E-state index in [2.05, 4.69) is 26.6 Å². The topological polar surface area (TPSA) is 93.7 Å². The molecule has 0 bridgehead atoms. The number of hydrogen-bond donors (Lipinski definition) is 2. The number of esters is 1. The van der Waals surface area contributed by atoms with Crippen LogP contribution in [0.3, 0.4) is 0 Å². The van der Waals surface area contributed by atoms with Crippen LogP contribution in [-0.4, -0.2) is 37.2 Å². The van der Waals surface area contributed by atoms with E-state index in [4.69, 9.17) is 21.1 Å². The molecule has 0 fully saturated rings. The molecule has 9 heteroatoms. The van der Waals surface area contributed by atoms with E-state index >= 15 is 0 Å². The number of nitrogens with one attached hydrogen (secondary N) is 2. The SMILES string of the molecule is COC(=O)[C@H](Cc1cc(Cl)ccc1Br)NC(=O)[C@@H](NC(=O)OCc1ccccc1)C(C)C. The maximum Gasteiger partial charge on any atom is 0.408 e. The highest BCUT2D eigenvalue weighted by molar-refractivity contribution is 9.10. The van der Waals surface area contributed by atoms with E-state index in [1.54, 1.807) is 32.0 Å². The zero-order valence-corrected chi connectivity index (χ0v) is 20.4. The van der Waals surface area contributed by atoms with E-state index in [-0.39, 0.29) is 18.9 Å². The Labute approximate surface area is 200 Å². The maximum absolute atomic E-state index is 12.9. The molecule has 2 rings (SSSR count). The molecule has 2 aromatic carbocycles. The number of rotatable bonds is 9. The molecular weight excluding hydrogens is 500 g/mol. The highest BCUT2D eigenvalue weighted by atomic mass is 79.9. The van der Waals surface area contributed by atoms with E-state index in [1.807, 2.05) is 30.3 Å². The standard InChI is InChI=1S/C23H26BrClN2O5/c1-14(2)20(27-23(30)32-13-15-7-5-4-6-8-15)21(28)26-19(22(29)31-3)12-16-11-17(25)9-10-18(16)24/h4-11,14,19-20H,12-13H2,1-3H3,(H,26,28)(H,27,30)/t19-,20-/m0/s1. The number of halogens is 2. The van der Waals surface area contributed by atoms with E-state index < -0.39 is 30.1 Å². The van der Waals surface area contributed by atoms with Crippen LogP contribution in [0.1, 0.15) is 25.0 Å². The number of carbonyl (C=O) groups excluding carboxylic acids is 3. The van der Waals surface area contributed by atoms with Crippen molar-refractivity contribution in [3.8, 4) is 0 Å². The van der Waals surface area contributed by atoms with Crippen molar-refractivity contribution < 1.29 is 23.9 Å². The van der Waals surface area contributed by atoms with Gasteiger partial charge in [0, 0.05) is 15.9 Å². The number of methoxy groups -OCH3 is 1. The molecule has 7 nitrogen and oxygen atoms in total. The van der Waals surface area contributed by atoms with Crippen molar-refractivity contribution in [1.82, 2.24) is 10.6 Å². The minimum Gasteiger partial charge on any atom is -0.467 e. The van der Waals surface area contributed by atoms with Crippen LogP contribution < -0.4 is 10.6 Å². The minimum atomic E-state index is -0.967. The number of alkyl carbamates (subject to hydrolysis) is 1. The molecule has 32 heavy (non-hydrogen) atoms. The first-order valence-electron chi connectivity index (χ1n) is 10.0. The monoisotopic (exact) mass is 524 g/mol. The Bertz CT molecular complexity index is 939. The zero-order valence-electron chi connectivity index (χ0n) is 18.1. The van der Waals surface area contributed by atoms with Gasteiger partial charge in [0.05, 0.1) is 7.11 Å². The number of benzene rings is 2. The Morgan fingerprint density at radius 1 is 1.06 bits per heavy atom. The predicted octanol–water partition coefficient (Wildman–Crippen LogP) is 4.25. The molecule has 0 spiro atoms. The second kappa shape index (κ2) is 12.5. The summed E-state index contributed by atoms with van der Waals surface area (Å²) in [5, 5.41) is 5.75. The normalized spacial score (nSPS) is 12.6. The lowest BCUT2D eigenvalue weighted by molar-refractivity contribution is -0.145. The van der Waals surface area contributed by atoms with Gasteiger partial charge in [-0.3, -0.25) is 4.79 Å². The van der Waals surface area contributed by atoms with Gasteiger partial charge in [0.2, 0.25) is 5.91 Å².